The topological polar surface area (TPSA) is 15.8 Å². The van der Waals surface area contributed by atoms with Crippen LogP contribution in [-0.2, 0) is 6.42 Å². The molecule has 1 heterocycles. The van der Waals surface area contributed by atoms with E-state index in [4.69, 9.17) is 0 Å². The van der Waals surface area contributed by atoms with Crippen LogP contribution in [0.15, 0.2) is 24.4 Å². The summed E-state index contributed by atoms with van der Waals surface area (Å²) in [6.07, 6.45) is 6.32. The molecule has 1 saturated carbocycles. The first kappa shape index (κ1) is 9.95. The molecule has 0 radical (unpaired) electrons. The summed E-state index contributed by atoms with van der Waals surface area (Å²) in [4.78, 5) is 3.39. The van der Waals surface area contributed by atoms with Crippen LogP contribution in [0, 0.1) is 5.92 Å². The predicted octanol–water partition coefficient (Wildman–Crippen LogP) is 4.24. The lowest BCUT2D eigenvalue weighted by Gasteiger charge is -2.05. The Bertz CT molecular complexity index is 503. The van der Waals surface area contributed by atoms with Gasteiger partial charge in [0.25, 0.3) is 0 Å². The molecule has 0 aliphatic heterocycles. The Morgan fingerprint density at radius 1 is 1.31 bits per heavy atom. The molecule has 0 amide bonds. The zero-order valence-corrected chi connectivity index (χ0v) is 10.1. The minimum absolute atomic E-state index is 0.619. The van der Waals surface area contributed by atoms with Crippen LogP contribution in [-0.4, -0.2) is 4.98 Å². The fourth-order valence-corrected chi connectivity index (χ4v) is 2.36. The molecule has 84 valence electrons. The van der Waals surface area contributed by atoms with E-state index in [-0.39, 0.29) is 0 Å². The number of nitrogens with one attached hydrogen (secondary N) is 1. The number of rotatable bonds is 3. The van der Waals surface area contributed by atoms with Crippen molar-refractivity contribution >= 4 is 10.9 Å². The van der Waals surface area contributed by atoms with E-state index in [9.17, 15) is 0 Å². The number of H-pyrrole nitrogens is 1. The average Bonchev–Trinajstić information content (AvgIpc) is 2.99. The minimum Gasteiger partial charge on any atom is -0.361 e. The van der Waals surface area contributed by atoms with Gasteiger partial charge >= 0.3 is 0 Å². The molecule has 0 atom stereocenters. The van der Waals surface area contributed by atoms with Gasteiger partial charge in [0.15, 0.2) is 0 Å². The number of benzene rings is 1. The third-order valence-corrected chi connectivity index (χ3v) is 3.66. The quantitative estimate of drug-likeness (QED) is 0.784. The monoisotopic (exact) mass is 213 g/mol. The third-order valence-electron chi connectivity index (χ3n) is 3.66. The second kappa shape index (κ2) is 3.65. The molecule has 1 aromatic heterocycles. The predicted molar refractivity (Wildman–Crippen MR) is 68.8 cm³/mol. The van der Waals surface area contributed by atoms with Gasteiger partial charge in [0.1, 0.15) is 0 Å². The van der Waals surface area contributed by atoms with Crippen LogP contribution in [0.25, 0.3) is 10.9 Å². The number of fused-ring (bicyclic) bond motifs is 1. The molecule has 0 unspecified atom stereocenters. The highest BCUT2D eigenvalue weighted by molar-refractivity contribution is 5.84. The van der Waals surface area contributed by atoms with Gasteiger partial charge in [0.05, 0.1) is 0 Å². The fourth-order valence-electron chi connectivity index (χ4n) is 2.36. The highest BCUT2D eigenvalue weighted by Crippen LogP contribution is 2.35. The summed E-state index contributed by atoms with van der Waals surface area (Å²) in [6, 6.07) is 6.83. The van der Waals surface area contributed by atoms with Crippen molar-refractivity contribution < 1.29 is 0 Å². The minimum atomic E-state index is 0.619. The highest BCUT2D eigenvalue weighted by atomic mass is 14.7. The van der Waals surface area contributed by atoms with Gasteiger partial charge in [-0.1, -0.05) is 19.9 Å². The largest absolute Gasteiger partial charge is 0.361 e. The van der Waals surface area contributed by atoms with Gasteiger partial charge in [0, 0.05) is 17.1 Å². The molecule has 1 N–H and O–H groups in total. The van der Waals surface area contributed by atoms with E-state index in [0.29, 0.717) is 5.92 Å². The number of aromatic nitrogens is 1. The zero-order valence-electron chi connectivity index (χ0n) is 10.1. The SMILES string of the molecule is CC(C)c1ccc2[nH]cc(CC3CC3)c2c1. The fraction of sp³-hybridized carbons (Fsp3) is 0.467. The molecule has 1 nitrogen and oxygen atoms in total. The van der Waals surface area contributed by atoms with Gasteiger partial charge in [-0.3, -0.25) is 0 Å². The van der Waals surface area contributed by atoms with Gasteiger partial charge in [-0.05, 0) is 54.4 Å². The van der Waals surface area contributed by atoms with Crippen molar-refractivity contribution in [3.63, 3.8) is 0 Å². The molecule has 2 aromatic rings. The Hall–Kier alpha value is -1.24. The van der Waals surface area contributed by atoms with Crippen LogP contribution < -0.4 is 0 Å². The molecular formula is C15H19N. The molecule has 3 rings (SSSR count). The maximum Gasteiger partial charge on any atom is 0.0456 e. The van der Waals surface area contributed by atoms with Crippen molar-refractivity contribution in [3.05, 3.63) is 35.5 Å². The van der Waals surface area contributed by atoms with E-state index in [0.717, 1.165) is 5.92 Å². The molecule has 1 heteroatoms. The first-order valence-electron chi connectivity index (χ1n) is 6.34. The third kappa shape index (κ3) is 1.75. The average molecular weight is 213 g/mol. The van der Waals surface area contributed by atoms with E-state index in [1.54, 1.807) is 0 Å². The molecular weight excluding hydrogens is 194 g/mol. The summed E-state index contributed by atoms with van der Waals surface area (Å²) >= 11 is 0. The van der Waals surface area contributed by atoms with Gasteiger partial charge in [0.2, 0.25) is 0 Å². The van der Waals surface area contributed by atoms with E-state index < -0.39 is 0 Å². The van der Waals surface area contributed by atoms with E-state index in [1.807, 2.05) is 0 Å². The number of aromatic amines is 1. The van der Waals surface area contributed by atoms with Crippen LogP contribution in [0.3, 0.4) is 0 Å². The van der Waals surface area contributed by atoms with E-state index in [1.165, 1.54) is 41.3 Å². The molecule has 0 saturated heterocycles. The maximum absolute atomic E-state index is 3.39. The molecule has 16 heavy (non-hydrogen) atoms. The van der Waals surface area contributed by atoms with Crippen molar-refractivity contribution in [1.29, 1.82) is 0 Å². The normalized spacial score (nSPS) is 16.2. The highest BCUT2D eigenvalue weighted by Gasteiger charge is 2.22. The Morgan fingerprint density at radius 3 is 2.81 bits per heavy atom. The summed E-state index contributed by atoms with van der Waals surface area (Å²) < 4.78 is 0. The summed E-state index contributed by atoms with van der Waals surface area (Å²) in [5, 5.41) is 1.44. The number of hydrogen-bond donors (Lipinski definition) is 1. The first-order chi connectivity index (χ1) is 7.74. The summed E-state index contributed by atoms with van der Waals surface area (Å²) in [5.74, 6) is 1.58. The molecule has 0 bridgehead atoms. The van der Waals surface area contributed by atoms with Crippen LogP contribution in [0.5, 0.6) is 0 Å². The lowest BCUT2D eigenvalue weighted by atomic mass is 9.99. The van der Waals surface area contributed by atoms with Crippen LogP contribution in [0.2, 0.25) is 0 Å². The van der Waals surface area contributed by atoms with Gasteiger partial charge in [-0.15, -0.1) is 0 Å². The van der Waals surface area contributed by atoms with Crippen molar-refractivity contribution in [2.45, 2.75) is 39.0 Å². The summed E-state index contributed by atoms with van der Waals surface area (Å²) in [5.41, 5.74) is 4.25. The Morgan fingerprint density at radius 2 is 2.12 bits per heavy atom. The van der Waals surface area contributed by atoms with Crippen LogP contribution >= 0.6 is 0 Å². The standard InChI is InChI=1S/C15H19N/c1-10(2)12-5-6-15-14(8-12)13(9-16-15)7-11-3-4-11/h5-6,8-11,16H,3-4,7H2,1-2H3. The van der Waals surface area contributed by atoms with Crippen molar-refractivity contribution in [2.24, 2.45) is 5.92 Å². The second-order valence-electron chi connectivity index (χ2n) is 5.42. The van der Waals surface area contributed by atoms with Crippen LogP contribution in [0.1, 0.15) is 43.7 Å². The zero-order chi connectivity index (χ0) is 11.1. The van der Waals surface area contributed by atoms with Gasteiger partial charge in [-0.25, -0.2) is 0 Å². The second-order valence-corrected chi connectivity index (χ2v) is 5.42. The summed E-state index contributed by atoms with van der Waals surface area (Å²) in [6.45, 7) is 4.52. The van der Waals surface area contributed by atoms with Crippen molar-refractivity contribution in [1.82, 2.24) is 4.98 Å². The lowest BCUT2D eigenvalue weighted by molar-refractivity contribution is 0.837. The van der Waals surface area contributed by atoms with Gasteiger partial charge < -0.3 is 4.98 Å². The molecule has 1 aliphatic carbocycles. The van der Waals surface area contributed by atoms with E-state index in [2.05, 4.69) is 43.2 Å². The number of hydrogen-bond acceptors (Lipinski definition) is 0. The summed E-state index contributed by atoms with van der Waals surface area (Å²) in [7, 11) is 0. The van der Waals surface area contributed by atoms with E-state index >= 15 is 0 Å². The molecule has 1 aromatic carbocycles. The maximum atomic E-state index is 3.39. The van der Waals surface area contributed by atoms with Crippen LogP contribution in [0.4, 0.5) is 0 Å². The van der Waals surface area contributed by atoms with Crippen molar-refractivity contribution in [2.75, 3.05) is 0 Å². The lowest BCUT2D eigenvalue weighted by Crippen LogP contribution is -1.88. The van der Waals surface area contributed by atoms with Gasteiger partial charge in [-0.2, -0.15) is 0 Å². The molecule has 1 fully saturated rings. The Balaban J connectivity index is 2.03. The first-order valence-corrected chi connectivity index (χ1v) is 6.34. The molecule has 1 aliphatic rings. The smallest absolute Gasteiger partial charge is 0.0456 e. The van der Waals surface area contributed by atoms with Crippen molar-refractivity contribution in [3.8, 4) is 0 Å². The Kier molecular flexibility index (Phi) is 2.27. The molecule has 0 spiro atoms. The Labute approximate surface area is 96.9 Å².